The molecule has 0 aliphatic carbocycles. The molecule has 0 saturated carbocycles. The van der Waals surface area contributed by atoms with Crippen LogP contribution in [0.4, 0.5) is 0 Å². The van der Waals surface area contributed by atoms with Crippen molar-refractivity contribution < 1.29 is 14.7 Å². The summed E-state index contributed by atoms with van der Waals surface area (Å²) in [6.45, 7) is 0.683. The molecule has 2 heterocycles. The molecule has 0 radical (unpaired) electrons. The van der Waals surface area contributed by atoms with E-state index < -0.39 is 12.0 Å². The molecule has 0 bridgehead atoms. The number of hydrogen-bond donors (Lipinski definition) is 2. The van der Waals surface area contributed by atoms with Gasteiger partial charge in [-0.1, -0.05) is 6.07 Å². The average Bonchev–Trinajstić information content (AvgIpc) is 2.98. The zero-order chi connectivity index (χ0) is 14.5. The lowest BCUT2D eigenvalue weighted by Gasteiger charge is -2.37. The Labute approximate surface area is 122 Å². The van der Waals surface area contributed by atoms with Gasteiger partial charge in [-0.25, -0.2) is 0 Å². The fourth-order valence-corrected chi connectivity index (χ4v) is 3.37. The van der Waals surface area contributed by atoms with Crippen LogP contribution in [0.15, 0.2) is 17.5 Å². The van der Waals surface area contributed by atoms with Crippen LogP contribution in [0.3, 0.4) is 0 Å². The van der Waals surface area contributed by atoms with E-state index in [1.165, 1.54) is 11.3 Å². The summed E-state index contributed by atoms with van der Waals surface area (Å²) in [5.74, 6) is -0.895. The zero-order valence-electron chi connectivity index (χ0n) is 11.3. The molecule has 1 aliphatic heterocycles. The summed E-state index contributed by atoms with van der Waals surface area (Å²) in [5.41, 5.74) is 6.03. The molecular weight excluding hydrogens is 276 g/mol. The second kappa shape index (κ2) is 6.85. The number of carboxylic acid groups (broad SMARTS) is 1. The van der Waals surface area contributed by atoms with Gasteiger partial charge in [-0.3, -0.25) is 9.59 Å². The number of hydrogen-bond acceptors (Lipinski definition) is 4. The van der Waals surface area contributed by atoms with E-state index in [2.05, 4.69) is 0 Å². The number of likely N-dealkylation sites (tertiary alicyclic amines) is 1. The number of carbonyl (C=O) groups excluding carboxylic acids is 1. The van der Waals surface area contributed by atoms with E-state index in [0.29, 0.717) is 13.0 Å². The number of carbonyl (C=O) groups is 2. The molecular formula is C14H20N2O3S. The molecule has 1 amide bonds. The van der Waals surface area contributed by atoms with Crippen LogP contribution in [0.25, 0.3) is 0 Å². The van der Waals surface area contributed by atoms with Crippen LogP contribution in [0, 0.1) is 0 Å². The topological polar surface area (TPSA) is 83.6 Å². The summed E-state index contributed by atoms with van der Waals surface area (Å²) in [4.78, 5) is 25.9. The van der Waals surface area contributed by atoms with Gasteiger partial charge in [0.15, 0.2) is 0 Å². The van der Waals surface area contributed by atoms with Crippen LogP contribution in [-0.2, 0) is 9.59 Å². The van der Waals surface area contributed by atoms with Gasteiger partial charge in [-0.05, 0) is 37.1 Å². The first-order valence-corrected chi connectivity index (χ1v) is 7.79. The van der Waals surface area contributed by atoms with Gasteiger partial charge in [0.05, 0.1) is 0 Å². The fourth-order valence-electron chi connectivity index (χ4n) is 2.65. The maximum Gasteiger partial charge on any atom is 0.303 e. The number of nitrogens with two attached hydrogens (primary N) is 1. The van der Waals surface area contributed by atoms with Crippen LogP contribution in [0.5, 0.6) is 0 Å². The van der Waals surface area contributed by atoms with Gasteiger partial charge >= 0.3 is 5.97 Å². The fraction of sp³-hybridized carbons (Fsp3) is 0.571. The average molecular weight is 296 g/mol. The highest BCUT2D eigenvalue weighted by Gasteiger charge is 2.31. The van der Waals surface area contributed by atoms with E-state index in [1.54, 1.807) is 4.90 Å². The van der Waals surface area contributed by atoms with E-state index in [0.717, 1.165) is 24.1 Å². The molecule has 0 spiro atoms. The first-order valence-electron chi connectivity index (χ1n) is 6.91. The Kier molecular flexibility index (Phi) is 5.14. The number of nitrogens with zero attached hydrogens (tertiary/aromatic N) is 1. The molecule has 1 fully saturated rings. The van der Waals surface area contributed by atoms with Gasteiger partial charge in [0.2, 0.25) is 5.91 Å². The van der Waals surface area contributed by atoms with Gasteiger partial charge < -0.3 is 15.7 Å². The molecule has 5 nitrogen and oxygen atoms in total. The second-order valence-corrected chi connectivity index (χ2v) is 6.09. The Morgan fingerprint density at radius 2 is 2.30 bits per heavy atom. The summed E-state index contributed by atoms with van der Waals surface area (Å²) in [7, 11) is 0. The largest absolute Gasteiger partial charge is 0.481 e. The van der Waals surface area contributed by atoms with Crippen molar-refractivity contribution in [2.24, 2.45) is 5.73 Å². The third kappa shape index (κ3) is 3.58. The molecule has 110 valence electrons. The van der Waals surface area contributed by atoms with Gasteiger partial charge in [0.25, 0.3) is 0 Å². The van der Waals surface area contributed by atoms with Crippen LogP contribution in [0.2, 0.25) is 0 Å². The maximum atomic E-state index is 12.5. The minimum absolute atomic E-state index is 0.0124. The van der Waals surface area contributed by atoms with E-state index in [4.69, 9.17) is 10.8 Å². The highest BCUT2D eigenvalue weighted by Crippen LogP contribution is 2.26. The van der Waals surface area contributed by atoms with Crippen molar-refractivity contribution in [3.63, 3.8) is 0 Å². The predicted molar refractivity (Wildman–Crippen MR) is 77.5 cm³/mol. The third-order valence-electron chi connectivity index (χ3n) is 3.72. The zero-order valence-corrected chi connectivity index (χ0v) is 12.1. The Bertz CT molecular complexity index is 461. The number of carboxylic acids is 1. The van der Waals surface area contributed by atoms with Crippen molar-refractivity contribution >= 4 is 23.2 Å². The van der Waals surface area contributed by atoms with Gasteiger partial charge in [0, 0.05) is 23.9 Å². The number of rotatable bonds is 5. The standard InChI is InChI=1S/C14H20N2O3S/c15-13(11-5-3-9-20-11)14(19)16-8-2-1-4-10(16)6-7-12(17)18/h3,5,9-10,13H,1-2,4,6-8,15H2,(H,17,18). The van der Waals surface area contributed by atoms with Gasteiger partial charge in [0.1, 0.15) is 6.04 Å². The highest BCUT2D eigenvalue weighted by atomic mass is 32.1. The smallest absolute Gasteiger partial charge is 0.303 e. The lowest BCUT2D eigenvalue weighted by atomic mass is 9.97. The molecule has 3 N–H and O–H groups in total. The van der Waals surface area contributed by atoms with Crippen LogP contribution in [-0.4, -0.2) is 34.5 Å². The number of aliphatic carboxylic acids is 1. The van der Waals surface area contributed by atoms with Crippen molar-refractivity contribution in [2.75, 3.05) is 6.54 Å². The van der Waals surface area contributed by atoms with Crippen molar-refractivity contribution in [1.82, 2.24) is 4.90 Å². The molecule has 20 heavy (non-hydrogen) atoms. The van der Waals surface area contributed by atoms with E-state index in [-0.39, 0.29) is 18.4 Å². The van der Waals surface area contributed by atoms with Gasteiger partial charge in [-0.15, -0.1) is 11.3 Å². The van der Waals surface area contributed by atoms with E-state index in [9.17, 15) is 9.59 Å². The Morgan fingerprint density at radius 1 is 1.50 bits per heavy atom. The lowest BCUT2D eigenvalue weighted by Crippen LogP contribution is -2.47. The molecule has 2 atom stereocenters. The van der Waals surface area contributed by atoms with Gasteiger partial charge in [-0.2, -0.15) is 0 Å². The Morgan fingerprint density at radius 3 is 2.95 bits per heavy atom. The molecule has 6 heteroatoms. The van der Waals surface area contributed by atoms with Crippen molar-refractivity contribution in [2.45, 2.75) is 44.2 Å². The van der Waals surface area contributed by atoms with Crippen molar-refractivity contribution in [1.29, 1.82) is 0 Å². The Hall–Kier alpha value is -1.40. The number of piperidine rings is 1. The van der Waals surface area contributed by atoms with Crippen LogP contribution in [0.1, 0.15) is 43.0 Å². The van der Waals surface area contributed by atoms with E-state index >= 15 is 0 Å². The normalized spacial score (nSPS) is 20.6. The van der Waals surface area contributed by atoms with Crippen molar-refractivity contribution in [3.05, 3.63) is 22.4 Å². The van der Waals surface area contributed by atoms with Crippen LogP contribution < -0.4 is 5.73 Å². The first-order chi connectivity index (χ1) is 9.59. The molecule has 2 rings (SSSR count). The third-order valence-corrected chi connectivity index (χ3v) is 4.67. The van der Waals surface area contributed by atoms with E-state index in [1.807, 2.05) is 17.5 Å². The Balaban J connectivity index is 2.03. The maximum absolute atomic E-state index is 12.5. The predicted octanol–water partition coefficient (Wildman–Crippen LogP) is 1.99. The highest BCUT2D eigenvalue weighted by molar-refractivity contribution is 7.10. The minimum Gasteiger partial charge on any atom is -0.481 e. The summed E-state index contributed by atoms with van der Waals surface area (Å²) in [5, 5.41) is 10.7. The molecule has 0 aromatic carbocycles. The molecule has 1 aromatic heterocycles. The summed E-state index contributed by atoms with van der Waals surface area (Å²) in [6.07, 6.45) is 3.49. The monoisotopic (exact) mass is 296 g/mol. The number of thiophene rings is 1. The summed E-state index contributed by atoms with van der Waals surface area (Å²) in [6, 6.07) is 3.13. The quantitative estimate of drug-likeness (QED) is 0.870. The summed E-state index contributed by atoms with van der Waals surface area (Å²) < 4.78 is 0. The first kappa shape index (κ1) is 15.0. The summed E-state index contributed by atoms with van der Waals surface area (Å²) >= 11 is 1.48. The van der Waals surface area contributed by atoms with Crippen LogP contribution >= 0.6 is 11.3 Å². The number of amides is 1. The SMILES string of the molecule is NC(C(=O)N1CCCCC1CCC(=O)O)c1cccs1. The molecule has 1 aromatic rings. The second-order valence-electron chi connectivity index (χ2n) is 5.11. The molecule has 2 unspecified atom stereocenters. The molecule has 1 aliphatic rings. The molecule has 1 saturated heterocycles. The minimum atomic E-state index is -0.814. The van der Waals surface area contributed by atoms with Crippen molar-refractivity contribution in [3.8, 4) is 0 Å². The lowest BCUT2D eigenvalue weighted by molar-refractivity contribution is -0.140.